The fourth-order valence-corrected chi connectivity index (χ4v) is 4.09. The number of hydrogen-bond acceptors (Lipinski definition) is 2. The van der Waals surface area contributed by atoms with Crippen LogP contribution >= 0.6 is 11.6 Å². The van der Waals surface area contributed by atoms with Crippen LogP contribution in [0.3, 0.4) is 0 Å². The van der Waals surface area contributed by atoms with Crippen molar-refractivity contribution in [2.75, 3.05) is 13.1 Å². The lowest BCUT2D eigenvalue weighted by Gasteiger charge is -2.32. The van der Waals surface area contributed by atoms with Crippen LogP contribution in [0.25, 0.3) is 0 Å². The van der Waals surface area contributed by atoms with E-state index in [0.717, 1.165) is 32.4 Å². The Balaban J connectivity index is 1.54. The smallest absolute Gasteiger partial charge is 0.223 e. The van der Waals surface area contributed by atoms with Gasteiger partial charge in [0.15, 0.2) is 0 Å². The monoisotopic (exact) mass is 416 g/mol. The number of carbonyl (C=O) groups is 1. The van der Waals surface area contributed by atoms with Gasteiger partial charge in [0.2, 0.25) is 5.91 Å². The summed E-state index contributed by atoms with van der Waals surface area (Å²) in [4.78, 5) is 15.0. The highest BCUT2D eigenvalue weighted by molar-refractivity contribution is 6.30. The maximum atomic E-state index is 14.0. The molecule has 29 heavy (non-hydrogen) atoms. The molecular formula is C24H30ClFN2O. The zero-order chi connectivity index (χ0) is 21.0. The molecule has 0 bridgehead atoms. The summed E-state index contributed by atoms with van der Waals surface area (Å²) >= 11 is 5.83. The van der Waals surface area contributed by atoms with Crippen LogP contribution < -0.4 is 5.32 Å². The van der Waals surface area contributed by atoms with Gasteiger partial charge in [0.05, 0.1) is 6.04 Å². The Morgan fingerprint density at radius 1 is 1.17 bits per heavy atom. The van der Waals surface area contributed by atoms with Gasteiger partial charge in [-0.3, -0.25) is 9.69 Å². The molecule has 2 aromatic rings. The van der Waals surface area contributed by atoms with E-state index in [1.165, 1.54) is 22.8 Å². The molecule has 1 N–H and O–H groups in total. The number of rotatable bonds is 6. The number of nitrogens with one attached hydrogen (secondary N) is 1. The Labute approximate surface area is 178 Å². The van der Waals surface area contributed by atoms with Crippen molar-refractivity contribution in [1.29, 1.82) is 0 Å². The van der Waals surface area contributed by atoms with E-state index in [1.807, 2.05) is 0 Å². The second kappa shape index (κ2) is 9.73. The van der Waals surface area contributed by atoms with Gasteiger partial charge in [0.1, 0.15) is 5.82 Å². The highest BCUT2D eigenvalue weighted by Gasteiger charge is 2.27. The summed E-state index contributed by atoms with van der Waals surface area (Å²) < 4.78 is 14.0. The van der Waals surface area contributed by atoms with Crippen LogP contribution in [0.15, 0.2) is 36.4 Å². The normalized spacial score (nSPS) is 16.6. The predicted octanol–water partition coefficient (Wildman–Crippen LogP) is 5.58. The molecule has 1 amide bonds. The summed E-state index contributed by atoms with van der Waals surface area (Å²) in [6, 6.07) is 11.3. The summed E-state index contributed by atoms with van der Waals surface area (Å²) in [5.74, 6) is -0.120. The summed E-state index contributed by atoms with van der Waals surface area (Å²) in [5.41, 5.74) is 4.33. The van der Waals surface area contributed by atoms with Gasteiger partial charge in [-0.1, -0.05) is 42.8 Å². The van der Waals surface area contributed by atoms with E-state index in [-0.39, 0.29) is 23.7 Å². The third kappa shape index (κ3) is 5.58. The molecule has 5 heteroatoms. The van der Waals surface area contributed by atoms with Crippen molar-refractivity contribution in [3.63, 3.8) is 0 Å². The van der Waals surface area contributed by atoms with E-state index in [2.05, 4.69) is 49.2 Å². The quantitative estimate of drug-likeness (QED) is 0.667. The standard InChI is InChI=1S/C24H30ClFN2O/c1-4-23(19-6-5-16(2)17(3)13-19)27-24(29)18-9-11-28(12-10-18)15-20-7-8-21(25)14-22(20)26/h5-8,13-14,18,23H,4,9-12,15H2,1-3H3,(H,27,29)/t23-/m0/s1. The first-order valence-electron chi connectivity index (χ1n) is 10.4. The van der Waals surface area contributed by atoms with Crippen LogP contribution in [-0.2, 0) is 11.3 Å². The first kappa shape index (κ1) is 21.8. The first-order chi connectivity index (χ1) is 13.9. The zero-order valence-corrected chi connectivity index (χ0v) is 18.2. The van der Waals surface area contributed by atoms with E-state index in [9.17, 15) is 9.18 Å². The average molecular weight is 417 g/mol. The van der Waals surface area contributed by atoms with Crippen LogP contribution in [0.1, 0.15) is 54.5 Å². The Bertz CT molecular complexity index is 862. The highest BCUT2D eigenvalue weighted by Crippen LogP contribution is 2.24. The molecule has 1 aliphatic rings. The van der Waals surface area contributed by atoms with Crippen LogP contribution in [0.5, 0.6) is 0 Å². The summed E-state index contributed by atoms with van der Waals surface area (Å²) in [5, 5.41) is 3.66. The van der Waals surface area contributed by atoms with Crippen molar-refractivity contribution in [2.24, 2.45) is 5.92 Å². The fourth-order valence-electron chi connectivity index (χ4n) is 3.94. The number of halogens is 2. The SMILES string of the molecule is CC[C@H](NC(=O)C1CCN(Cc2ccc(Cl)cc2F)CC1)c1ccc(C)c(C)c1. The van der Waals surface area contributed by atoms with Crippen molar-refractivity contribution >= 4 is 17.5 Å². The second-order valence-electron chi connectivity index (χ2n) is 8.10. The Hall–Kier alpha value is -1.91. The molecule has 1 aliphatic heterocycles. The van der Waals surface area contributed by atoms with Gasteiger partial charge >= 0.3 is 0 Å². The Morgan fingerprint density at radius 2 is 1.90 bits per heavy atom. The topological polar surface area (TPSA) is 32.3 Å². The van der Waals surface area contributed by atoms with Gasteiger partial charge in [-0.25, -0.2) is 4.39 Å². The molecule has 0 unspecified atom stereocenters. The van der Waals surface area contributed by atoms with Crippen LogP contribution in [0, 0.1) is 25.6 Å². The maximum Gasteiger partial charge on any atom is 0.223 e. The minimum Gasteiger partial charge on any atom is -0.349 e. The Morgan fingerprint density at radius 3 is 2.52 bits per heavy atom. The van der Waals surface area contributed by atoms with E-state index in [0.29, 0.717) is 17.1 Å². The van der Waals surface area contributed by atoms with Crippen molar-refractivity contribution in [3.05, 3.63) is 69.5 Å². The molecular weight excluding hydrogens is 387 g/mol. The number of hydrogen-bond donors (Lipinski definition) is 1. The van der Waals surface area contributed by atoms with Crippen molar-refractivity contribution in [1.82, 2.24) is 10.2 Å². The minimum atomic E-state index is -0.267. The lowest BCUT2D eigenvalue weighted by Crippen LogP contribution is -2.41. The number of nitrogens with zero attached hydrogens (tertiary/aromatic N) is 1. The van der Waals surface area contributed by atoms with Gasteiger partial charge in [-0.2, -0.15) is 0 Å². The molecule has 0 radical (unpaired) electrons. The molecule has 0 aromatic heterocycles. The van der Waals surface area contributed by atoms with E-state index >= 15 is 0 Å². The summed E-state index contributed by atoms with van der Waals surface area (Å²) in [6.07, 6.45) is 2.46. The number of likely N-dealkylation sites (tertiary alicyclic amines) is 1. The lowest BCUT2D eigenvalue weighted by atomic mass is 9.94. The average Bonchev–Trinajstić information content (AvgIpc) is 2.71. The molecule has 3 nitrogen and oxygen atoms in total. The largest absolute Gasteiger partial charge is 0.349 e. The number of carbonyl (C=O) groups excluding carboxylic acids is 1. The summed E-state index contributed by atoms with van der Waals surface area (Å²) in [6.45, 7) is 8.44. The van der Waals surface area contributed by atoms with E-state index < -0.39 is 0 Å². The molecule has 156 valence electrons. The van der Waals surface area contributed by atoms with E-state index in [4.69, 9.17) is 11.6 Å². The third-order valence-corrected chi connectivity index (χ3v) is 6.26. The molecule has 0 saturated carbocycles. The minimum absolute atomic E-state index is 0.0157. The van der Waals surface area contributed by atoms with Gasteiger partial charge in [-0.05, 0) is 75.0 Å². The number of benzene rings is 2. The molecule has 1 atom stereocenters. The Kier molecular flexibility index (Phi) is 7.31. The summed E-state index contributed by atoms with van der Waals surface area (Å²) in [7, 11) is 0. The van der Waals surface area contributed by atoms with Crippen molar-refractivity contribution in [3.8, 4) is 0 Å². The fraction of sp³-hybridized carbons (Fsp3) is 0.458. The number of aryl methyl sites for hydroxylation is 2. The number of amides is 1. The number of piperidine rings is 1. The molecule has 2 aromatic carbocycles. The molecule has 0 aliphatic carbocycles. The molecule has 1 fully saturated rings. The van der Waals surface area contributed by atoms with Crippen LogP contribution in [0.4, 0.5) is 4.39 Å². The second-order valence-corrected chi connectivity index (χ2v) is 8.54. The highest BCUT2D eigenvalue weighted by atomic mass is 35.5. The van der Waals surface area contributed by atoms with Crippen molar-refractivity contribution < 1.29 is 9.18 Å². The van der Waals surface area contributed by atoms with Gasteiger partial charge < -0.3 is 5.32 Å². The van der Waals surface area contributed by atoms with Gasteiger partial charge in [0.25, 0.3) is 0 Å². The van der Waals surface area contributed by atoms with E-state index in [1.54, 1.807) is 12.1 Å². The maximum absolute atomic E-state index is 14.0. The first-order valence-corrected chi connectivity index (χ1v) is 10.8. The zero-order valence-electron chi connectivity index (χ0n) is 17.5. The van der Waals surface area contributed by atoms with Gasteiger partial charge in [-0.15, -0.1) is 0 Å². The third-order valence-electron chi connectivity index (χ3n) is 6.03. The molecule has 0 spiro atoms. The molecule has 3 rings (SSSR count). The van der Waals surface area contributed by atoms with Crippen LogP contribution in [0.2, 0.25) is 5.02 Å². The molecule has 1 saturated heterocycles. The molecule has 1 heterocycles. The predicted molar refractivity (Wildman–Crippen MR) is 117 cm³/mol. The van der Waals surface area contributed by atoms with Gasteiger partial charge in [0, 0.05) is 23.0 Å². The van der Waals surface area contributed by atoms with Crippen LogP contribution in [-0.4, -0.2) is 23.9 Å². The van der Waals surface area contributed by atoms with Crippen molar-refractivity contribution in [2.45, 2.75) is 52.6 Å². The lowest BCUT2D eigenvalue weighted by molar-refractivity contribution is -0.127.